The third-order valence-corrected chi connectivity index (χ3v) is 9.58. The van der Waals surface area contributed by atoms with Crippen LogP contribution >= 0.6 is 7.82 Å². The SMILES string of the molecule is CC/C=C\C/C=C\C/C=C\C/C=C\C/C=C\C/C=C\CCC(=O)OC[C@H](COP(=O)(O)OC[C@@H](O)CO)OC(=O)CCCC(O)C(O)C/C=C\C/C=C\C/C=C\CCCCC. The second-order valence-corrected chi connectivity index (χ2v) is 15.7. The number of aliphatic hydroxyl groups excluding tert-OH is 4. The number of allylic oxidation sites excluding steroid dienone is 17. The minimum Gasteiger partial charge on any atom is -0.462 e. The number of phosphoric ester groups is 1. The lowest BCUT2D eigenvalue weighted by Gasteiger charge is -2.20. The summed E-state index contributed by atoms with van der Waals surface area (Å²) >= 11 is 0. The topological polar surface area (TPSA) is 189 Å². The van der Waals surface area contributed by atoms with Crippen molar-refractivity contribution in [3.05, 3.63) is 109 Å². The summed E-state index contributed by atoms with van der Waals surface area (Å²) in [6.45, 7) is 1.79. The Hall–Kier alpha value is -3.45. The summed E-state index contributed by atoms with van der Waals surface area (Å²) in [7, 11) is -4.73. The molecule has 61 heavy (non-hydrogen) atoms. The first-order chi connectivity index (χ1) is 29.5. The van der Waals surface area contributed by atoms with Crippen molar-refractivity contribution in [3.8, 4) is 0 Å². The lowest BCUT2D eigenvalue weighted by atomic mass is 10.0. The van der Waals surface area contributed by atoms with Crippen molar-refractivity contribution in [2.24, 2.45) is 0 Å². The van der Waals surface area contributed by atoms with Crippen molar-refractivity contribution in [1.82, 2.24) is 0 Å². The molecule has 0 aromatic carbocycles. The van der Waals surface area contributed by atoms with Crippen molar-refractivity contribution >= 4 is 19.8 Å². The van der Waals surface area contributed by atoms with Crippen LogP contribution in [0.4, 0.5) is 0 Å². The lowest BCUT2D eigenvalue weighted by molar-refractivity contribution is -0.161. The highest BCUT2D eigenvalue weighted by Gasteiger charge is 2.27. The van der Waals surface area contributed by atoms with E-state index < -0.39 is 70.6 Å². The zero-order valence-corrected chi connectivity index (χ0v) is 37.7. The zero-order chi connectivity index (χ0) is 45.1. The molecule has 0 rings (SSSR count). The molecule has 5 atom stereocenters. The minimum atomic E-state index is -4.73. The van der Waals surface area contributed by atoms with E-state index in [0.29, 0.717) is 19.3 Å². The molecule has 0 aliphatic carbocycles. The number of esters is 2. The van der Waals surface area contributed by atoms with Gasteiger partial charge in [-0.15, -0.1) is 0 Å². The largest absolute Gasteiger partial charge is 0.472 e. The van der Waals surface area contributed by atoms with Crippen LogP contribution in [0.5, 0.6) is 0 Å². The molecule has 13 heteroatoms. The standard InChI is InChI=1S/C48H77O12P/c1-3-5-7-9-11-13-15-17-18-19-20-21-22-23-25-27-29-31-33-37-47(53)57-41-44(42-59-61(55,56)58-40-43(50)39-49)60-48(54)38-34-36-46(52)45(51)35-32-30-28-26-24-16-14-12-10-8-6-4-2/h5,7,11-14,17-18,20-21,23-26,29-32,43-46,49-52H,3-4,6,8-10,15-16,19,22,27-28,33-42H2,1-2H3,(H,55,56)/b7-5-,13-11-,14-12-,18-17-,21-20-,25-23-,26-24-,31-29-,32-30-/t43-,44+,45?,46?/m0/s1. The molecular formula is C48H77O12P. The second kappa shape index (κ2) is 41.9. The van der Waals surface area contributed by atoms with E-state index >= 15 is 0 Å². The summed E-state index contributed by atoms with van der Waals surface area (Å²) in [5.41, 5.74) is 0. The Balaban J connectivity index is 4.67. The number of hydrogen-bond donors (Lipinski definition) is 5. The number of aliphatic hydroxyl groups is 4. The molecular weight excluding hydrogens is 799 g/mol. The molecule has 0 aromatic heterocycles. The predicted octanol–water partition coefficient (Wildman–Crippen LogP) is 9.72. The van der Waals surface area contributed by atoms with Crippen LogP contribution in [0.25, 0.3) is 0 Å². The molecule has 3 unspecified atom stereocenters. The smallest absolute Gasteiger partial charge is 0.462 e. The maximum Gasteiger partial charge on any atom is 0.472 e. The molecule has 0 saturated carbocycles. The van der Waals surface area contributed by atoms with Crippen LogP contribution in [0.1, 0.15) is 129 Å². The molecule has 12 nitrogen and oxygen atoms in total. The van der Waals surface area contributed by atoms with E-state index in [2.05, 4.69) is 91.3 Å². The number of phosphoric acid groups is 1. The fraction of sp³-hybridized carbons (Fsp3) is 0.583. The van der Waals surface area contributed by atoms with E-state index in [1.165, 1.54) is 19.3 Å². The van der Waals surface area contributed by atoms with Gasteiger partial charge in [0.05, 0.1) is 32.0 Å². The van der Waals surface area contributed by atoms with Crippen molar-refractivity contribution in [3.63, 3.8) is 0 Å². The van der Waals surface area contributed by atoms with Gasteiger partial charge < -0.3 is 34.8 Å². The molecule has 346 valence electrons. The average Bonchev–Trinajstić information content (AvgIpc) is 3.24. The summed E-state index contributed by atoms with van der Waals surface area (Å²) in [4.78, 5) is 35.0. The van der Waals surface area contributed by atoms with Crippen LogP contribution in [0, 0.1) is 0 Å². The van der Waals surface area contributed by atoms with Gasteiger partial charge in [-0.05, 0) is 89.9 Å². The van der Waals surface area contributed by atoms with Gasteiger partial charge in [-0.1, -0.05) is 136 Å². The first-order valence-electron chi connectivity index (χ1n) is 22.0. The molecule has 0 fully saturated rings. The van der Waals surface area contributed by atoms with E-state index in [0.717, 1.165) is 44.9 Å². The highest BCUT2D eigenvalue weighted by Crippen LogP contribution is 2.43. The fourth-order valence-corrected chi connectivity index (χ4v) is 5.91. The van der Waals surface area contributed by atoms with Crippen LogP contribution in [0.3, 0.4) is 0 Å². The third kappa shape index (κ3) is 40.4. The zero-order valence-electron chi connectivity index (χ0n) is 36.8. The molecule has 0 aliphatic heterocycles. The van der Waals surface area contributed by atoms with Crippen molar-refractivity contribution in [1.29, 1.82) is 0 Å². The Bertz CT molecular complexity index is 1410. The molecule has 5 N–H and O–H groups in total. The highest BCUT2D eigenvalue weighted by molar-refractivity contribution is 7.47. The average molecular weight is 877 g/mol. The van der Waals surface area contributed by atoms with Gasteiger partial charge in [-0.2, -0.15) is 0 Å². The van der Waals surface area contributed by atoms with E-state index in [9.17, 15) is 34.4 Å². The van der Waals surface area contributed by atoms with Crippen LogP contribution < -0.4 is 0 Å². The van der Waals surface area contributed by atoms with E-state index in [-0.39, 0.29) is 32.1 Å². The molecule has 0 saturated heterocycles. The van der Waals surface area contributed by atoms with Gasteiger partial charge in [0.2, 0.25) is 0 Å². The van der Waals surface area contributed by atoms with Gasteiger partial charge >= 0.3 is 19.8 Å². The number of hydrogen-bond acceptors (Lipinski definition) is 11. The van der Waals surface area contributed by atoms with Crippen LogP contribution in [0.2, 0.25) is 0 Å². The lowest BCUT2D eigenvalue weighted by Crippen LogP contribution is -2.30. The number of rotatable bonds is 39. The Morgan fingerprint density at radius 3 is 1.57 bits per heavy atom. The van der Waals surface area contributed by atoms with Gasteiger partial charge in [-0.3, -0.25) is 18.6 Å². The Kier molecular flexibility index (Phi) is 39.5. The van der Waals surface area contributed by atoms with Gasteiger partial charge in [0.1, 0.15) is 12.7 Å². The maximum atomic E-state index is 12.7. The number of carbonyl (C=O) groups is 2. The molecule has 0 heterocycles. The summed E-state index contributed by atoms with van der Waals surface area (Å²) in [6, 6.07) is 0. The van der Waals surface area contributed by atoms with Gasteiger partial charge in [0.25, 0.3) is 0 Å². The summed E-state index contributed by atoms with van der Waals surface area (Å²) in [5.74, 6) is -1.32. The summed E-state index contributed by atoms with van der Waals surface area (Å²) in [5, 5.41) is 39.1. The van der Waals surface area contributed by atoms with E-state index in [1.54, 1.807) is 6.08 Å². The first-order valence-corrected chi connectivity index (χ1v) is 23.5. The molecule has 0 spiro atoms. The number of carbonyl (C=O) groups excluding carboxylic acids is 2. The summed E-state index contributed by atoms with van der Waals surface area (Å²) in [6.07, 6.45) is 45.2. The van der Waals surface area contributed by atoms with Crippen LogP contribution in [-0.4, -0.2) is 88.1 Å². The molecule has 0 amide bonds. The first kappa shape index (κ1) is 57.5. The van der Waals surface area contributed by atoms with Crippen LogP contribution in [-0.2, 0) is 32.7 Å². The normalized spacial score (nSPS) is 15.9. The van der Waals surface area contributed by atoms with E-state index in [1.807, 2.05) is 30.4 Å². The molecule has 0 aromatic rings. The highest BCUT2D eigenvalue weighted by atomic mass is 31.2. The molecule has 0 aliphatic rings. The monoisotopic (exact) mass is 877 g/mol. The van der Waals surface area contributed by atoms with Crippen molar-refractivity contribution < 1.29 is 58.0 Å². The number of ether oxygens (including phenoxy) is 2. The van der Waals surface area contributed by atoms with Crippen molar-refractivity contribution in [2.75, 3.05) is 26.4 Å². The predicted molar refractivity (Wildman–Crippen MR) is 244 cm³/mol. The summed E-state index contributed by atoms with van der Waals surface area (Å²) < 4.78 is 32.4. The molecule has 0 radical (unpaired) electrons. The third-order valence-electron chi connectivity index (χ3n) is 8.63. The van der Waals surface area contributed by atoms with Gasteiger partial charge in [0, 0.05) is 12.8 Å². The Morgan fingerprint density at radius 1 is 0.557 bits per heavy atom. The number of unbranched alkanes of at least 4 members (excludes halogenated alkanes) is 3. The van der Waals surface area contributed by atoms with Crippen molar-refractivity contribution in [2.45, 2.75) is 154 Å². The second-order valence-electron chi connectivity index (χ2n) is 14.3. The maximum absolute atomic E-state index is 12.7. The quantitative estimate of drug-likeness (QED) is 0.0170. The Morgan fingerprint density at radius 2 is 1.05 bits per heavy atom. The van der Waals surface area contributed by atoms with Gasteiger partial charge in [0.15, 0.2) is 6.10 Å². The van der Waals surface area contributed by atoms with E-state index in [4.69, 9.17) is 19.1 Å². The minimum absolute atomic E-state index is 0.0489. The van der Waals surface area contributed by atoms with Crippen LogP contribution in [0.15, 0.2) is 109 Å². The Labute approximate surface area is 366 Å². The molecule has 0 bridgehead atoms. The van der Waals surface area contributed by atoms with Gasteiger partial charge in [-0.25, -0.2) is 4.57 Å². The fourth-order valence-electron chi connectivity index (χ4n) is 5.12.